The molecule has 0 radical (unpaired) electrons. The van der Waals surface area contributed by atoms with E-state index in [-0.39, 0.29) is 24.5 Å². The number of hydrogen-bond acceptors (Lipinski definition) is 4. The van der Waals surface area contributed by atoms with Gasteiger partial charge in [0.15, 0.2) is 11.6 Å². The molecule has 4 nitrogen and oxygen atoms in total. The first-order chi connectivity index (χ1) is 12.1. The highest BCUT2D eigenvalue weighted by Crippen LogP contribution is 2.26. The molecule has 1 saturated heterocycles. The molecule has 0 unspecified atom stereocenters. The first-order valence-corrected chi connectivity index (χ1v) is 8.59. The van der Waals surface area contributed by atoms with Crippen molar-refractivity contribution in [3.05, 3.63) is 66.0 Å². The van der Waals surface area contributed by atoms with Gasteiger partial charge in [-0.3, -0.25) is 4.90 Å². The molecule has 0 aromatic heterocycles. The quantitative estimate of drug-likeness (QED) is 0.874. The number of ether oxygens (including phenoxy) is 2. The van der Waals surface area contributed by atoms with Crippen molar-refractivity contribution in [2.45, 2.75) is 25.2 Å². The van der Waals surface area contributed by atoms with Crippen LogP contribution in [0.3, 0.4) is 0 Å². The van der Waals surface area contributed by atoms with Gasteiger partial charge in [-0.25, -0.2) is 4.39 Å². The van der Waals surface area contributed by atoms with Crippen molar-refractivity contribution in [1.82, 2.24) is 4.90 Å². The Balaban J connectivity index is 1.61. The molecule has 1 fully saturated rings. The van der Waals surface area contributed by atoms with E-state index >= 15 is 0 Å². The zero-order valence-electron chi connectivity index (χ0n) is 14.3. The van der Waals surface area contributed by atoms with Crippen molar-refractivity contribution in [1.29, 1.82) is 0 Å². The third kappa shape index (κ3) is 4.78. The lowest BCUT2D eigenvalue weighted by Gasteiger charge is -2.39. The molecule has 1 aliphatic rings. The second-order valence-electron chi connectivity index (χ2n) is 6.42. The zero-order chi connectivity index (χ0) is 17.6. The minimum absolute atomic E-state index is 0.0498. The Bertz CT molecular complexity index is 667. The van der Waals surface area contributed by atoms with Gasteiger partial charge in [0.05, 0.1) is 18.8 Å². The molecule has 2 aromatic carbocycles. The summed E-state index contributed by atoms with van der Waals surface area (Å²) in [6, 6.07) is 16.4. The highest BCUT2D eigenvalue weighted by Gasteiger charge is 2.29. The van der Waals surface area contributed by atoms with Crippen molar-refractivity contribution in [3.63, 3.8) is 0 Å². The fraction of sp³-hybridized carbons (Fsp3) is 0.400. The highest BCUT2D eigenvalue weighted by atomic mass is 19.1. The summed E-state index contributed by atoms with van der Waals surface area (Å²) in [6.45, 7) is 3.84. The standard InChI is InChI=1S/C20H24FNO3/c1-15-11-22(19(14-24-15)16-7-3-2-4-8-16)12-17(23)13-25-20-10-6-5-9-18(20)21/h2-10,15,17,19,23H,11-14H2,1H3/t15-,17+,19-/m1/s1. The Morgan fingerprint density at radius 2 is 1.92 bits per heavy atom. The predicted molar refractivity (Wildman–Crippen MR) is 94.1 cm³/mol. The van der Waals surface area contributed by atoms with Gasteiger partial charge >= 0.3 is 0 Å². The Kier molecular flexibility index (Phi) is 6.02. The summed E-state index contributed by atoms with van der Waals surface area (Å²) in [5.41, 5.74) is 1.16. The Labute approximate surface area is 147 Å². The van der Waals surface area contributed by atoms with Gasteiger partial charge < -0.3 is 14.6 Å². The summed E-state index contributed by atoms with van der Waals surface area (Å²) < 4.78 is 24.8. The van der Waals surface area contributed by atoms with Crippen LogP contribution in [0, 0.1) is 5.82 Å². The van der Waals surface area contributed by atoms with Crippen LogP contribution in [0.1, 0.15) is 18.5 Å². The van der Waals surface area contributed by atoms with E-state index in [9.17, 15) is 9.50 Å². The van der Waals surface area contributed by atoms with E-state index in [4.69, 9.17) is 9.47 Å². The van der Waals surface area contributed by atoms with Gasteiger partial charge in [0.1, 0.15) is 12.7 Å². The molecule has 1 aliphatic heterocycles. The topological polar surface area (TPSA) is 41.9 Å². The summed E-state index contributed by atoms with van der Waals surface area (Å²) in [7, 11) is 0. The Morgan fingerprint density at radius 1 is 1.20 bits per heavy atom. The fourth-order valence-corrected chi connectivity index (χ4v) is 3.13. The van der Waals surface area contributed by atoms with Crippen LogP contribution in [-0.4, -0.2) is 48.5 Å². The molecule has 1 heterocycles. The van der Waals surface area contributed by atoms with Gasteiger partial charge in [-0.05, 0) is 24.6 Å². The van der Waals surface area contributed by atoms with Crippen LogP contribution in [0.4, 0.5) is 4.39 Å². The number of aliphatic hydroxyl groups excluding tert-OH is 1. The molecular weight excluding hydrogens is 321 g/mol. The van der Waals surface area contributed by atoms with E-state index < -0.39 is 11.9 Å². The number of morpholine rings is 1. The van der Waals surface area contributed by atoms with E-state index in [2.05, 4.69) is 17.0 Å². The summed E-state index contributed by atoms with van der Waals surface area (Å²) >= 11 is 0. The van der Waals surface area contributed by atoms with Gasteiger partial charge in [0, 0.05) is 13.1 Å². The number of halogens is 1. The lowest BCUT2D eigenvalue weighted by molar-refractivity contribution is -0.0717. The average Bonchev–Trinajstić information content (AvgIpc) is 2.62. The molecule has 3 atom stereocenters. The molecule has 3 rings (SSSR count). The molecular formula is C20H24FNO3. The maximum Gasteiger partial charge on any atom is 0.165 e. The molecule has 0 saturated carbocycles. The van der Waals surface area contributed by atoms with E-state index in [1.807, 2.05) is 25.1 Å². The molecule has 134 valence electrons. The van der Waals surface area contributed by atoms with Crippen LogP contribution < -0.4 is 4.74 Å². The van der Waals surface area contributed by atoms with Gasteiger partial charge in [0.25, 0.3) is 0 Å². The smallest absolute Gasteiger partial charge is 0.165 e. The number of benzene rings is 2. The number of aliphatic hydroxyl groups is 1. The first-order valence-electron chi connectivity index (χ1n) is 8.59. The van der Waals surface area contributed by atoms with E-state index in [1.54, 1.807) is 18.2 Å². The maximum absolute atomic E-state index is 13.6. The van der Waals surface area contributed by atoms with Crippen molar-refractivity contribution in [3.8, 4) is 5.75 Å². The molecule has 25 heavy (non-hydrogen) atoms. The summed E-state index contributed by atoms with van der Waals surface area (Å²) in [6.07, 6.45) is -0.601. The average molecular weight is 345 g/mol. The van der Waals surface area contributed by atoms with Crippen LogP contribution in [0.2, 0.25) is 0 Å². The van der Waals surface area contributed by atoms with Crippen LogP contribution in [-0.2, 0) is 4.74 Å². The maximum atomic E-state index is 13.6. The molecule has 0 aliphatic carbocycles. The summed E-state index contributed by atoms with van der Waals surface area (Å²) in [4.78, 5) is 2.21. The third-order valence-corrected chi connectivity index (χ3v) is 4.37. The Hall–Kier alpha value is -1.95. The molecule has 0 spiro atoms. The SMILES string of the molecule is C[C@@H]1CN(C[C@H](O)COc2ccccc2F)[C@@H](c2ccccc2)CO1. The van der Waals surface area contributed by atoms with Crippen LogP contribution in [0.25, 0.3) is 0 Å². The number of nitrogens with zero attached hydrogens (tertiary/aromatic N) is 1. The Morgan fingerprint density at radius 3 is 2.68 bits per heavy atom. The van der Waals surface area contributed by atoms with Gasteiger partial charge in [0.2, 0.25) is 0 Å². The highest BCUT2D eigenvalue weighted by molar-refractivity contribution is 5.23. The molecule has 0 amide bonds. The molecule has 5 heteroatoms. The van der Waals surface area contributed by atoms with Crippen molar-refractivity contribution >= 4 is 0 Å². The molecule has 0 bridgehead atoms. The van der Waals surface area contributed by atoms with E-state index in [0.29, 0.717) is 13.2 Å². The fourth-order valence-electron chi connectivity index (χ4n) is 3.13. The molecule has 2 aromatic rings. The largest absolute Gasteiger partial charge is 0.488 e. The minimum Gasteiger partial charge on any atom is -0.488 e. The van der Waals surface area contributed by atoms with Crippen LogP contribution in [0.15, 0.2) is 54.6 Å². The second-order valence-corrected chi connectivity index (χ2v) is 6.42. The van der Waals surface area contributed by atoms with Gasteiger partial charge in [-0.15, -0.1) is 0 Å². The van der Waals surface area contributed by atoms with Crippen LogP contribution in [0.5, 0.6) is 5.75 Å². The lowest BCUT2D eigenvalue weighted by atomic mass is 10.0. The second kappa shape index (κ2) is 8.43. The number of para-hydroxylation sites is 1. The monoisotopic (exact) mass is 345 g/mol. The normalized spacial score (nSPS) is 22.5. The van der Waals surface area contributed by atoms with Crippen LogP contribution >= 0.6 is 0 Å². The summed E-state index contributed by atoms with van der Waals surface area (Å²) in [5.74, 6) is -0.256. The summed E-state index contributed by atoms with van der Waals surface area (Å²) in [5, 5.41) is 10.4. The van der Waals surface area contributed by atoms with E-state index in [1.165, 1.54) is 6.07 Å². The predicted octanol–water partition coefficient (Wildman–Crippen LogP) is 3.03. The van der Waals surface area contributed by atoms with Crippen molar-refractivity contribution in [2.75, 3.05) is 26.3 Å². The first kappa shape index (κ1) is 17.9. The number of β-amino-alcohol motifs (C(OH)–C–C–N with tert-alkyl or cyclic N) is 1. The number of rotatable bonds is 6. The minimum atomic E-state index is -0.712. The van der Waals surface area contributed by atoms with Crippen molar-refractivity contribution < 1.29 is 19.0 Å². The number of hydrogen-bond donors (Lipinski definition) is 1. The zero-order valence-corrected chi connectivity index (χ0v) is 14.3. The molecule has 1 N–H and O–H groups in total. The van der Waals surface area contributed by atoms with Gasteiger partial charge in [-0.1, -0.05) is 42.5 Å². The van der Waals surface area contributed by atoms with Gasteiger partial charge in [-0.2, -0.15) is 0 Å². The van der Waals surface area contributed by atoms with E-state index in [0.717, 1.165) is 12.1 Å². The third-order valence-electron chi connectivity index (χ3n) is 4.37. The lowest BCUT2D eigenvalue weighted by Crippen LogP contribution is -2.47. The van der Waals surface area contributed by atoms with Crippen molar-refractivity contribution in [2.24, 2.45) is 0 Å².